The van der Waals surface area contributed by atoms with E-state index in [1.54, 1.807) is 0 Å². The zero-order valence-electron chi connectivity index (χ0n) is 33.0. The van der Waals surface area contributed by atoms with Gasteiger partial charge in [-0.2, -0.15) is 0 Å². The minimum Gasteiger partial charge on any atom is -0.205 e. The lowest BCUT2D eigenvalue weighted by Crippen LogP contribution is -2.13. The van der Waals surface area contributed by atoms with Crippen LogP contribution in [0.25, 0.3) is 77.2 Å². The van der Waals surface area contributed by atoms with E-state index >= 15 is 83.4 Å². The Kier molecular flexibility index (Phi) is 12.2. The highest BCUT2D eigenvalue weighted by molar-refractivity contribution is 5.92. The largest absolute Gasteiger partial charge is 0.205 e. The number of rotatable bonds is 5. The van der Waals surface area contributed by atoms with Crippen molar-refractivity contribution in [3.8, 4) is 55.6 Å². The first kappa shape index (κ1) is 51.6. The van der Waals surface area contributed by atoms with Crippen LogP contribution in [0.2, 0.25) is 0 Å². The minimum absolute atomic E-state index is 0.486. The maximum absolute atomic E-state index is 15.6. The Morgan fingerprint density at radius 2 is 0.315 bits per heavy atom. The van der Waals surface area contributed by atoms with Crippen molar-refractivity contribution in [2.45, 2.75) is 0 Å². The molecule has 0 aromatic heterocycles. The standard InChI is InChI=1S/C44HF29/c45-16-2(1-3-4(19(16)48)22(51)42(71)41(70)17(3)46)5-20(49)24(53)10(25(54)21(5)50)11-31(60)33(62)14(34(63)32(11)61)15-37(66)35(64)13(36(65)38(15)67)12-29(58)26(55)8(27(56)30(12)59)6-18(47)7-9(28(57)23(6)52)40(69)44(73)43(72)39(7)68/h1H. The molecule has 8 rings (SSSR count). The first-order valence-electron chi connectivity index (χ1n) is 18.3. The van der Waals surface area contributed by atoms with Crippen LogP contribution in [0.15, 0.2) is 6.07 Å². The van der Waals surface area contributed by atoms with Crippen molar-refractivity contribution >= 4 is 21.5 Å². The molecule has 8 aromatic rings. The summed E-state index contributed by atoms with van der Waals surface area (Å²) >= 11 is 0. The molecule has 0 radical (unpaired) electrons. The van der Waals surface area contributed by atoms with Crippen molar-refractivity contribution < 1.29 is 127 Å². The van der Waals surface area contributed by atoms with Crippen LogP contribution in [0.5, 0.6) is 0 Å². The van der Waals surface area contributed by atoms with E-state index in [-0.39, 0.29) is 0 Å². The van der Waals surface area contributed by atoms with Gasteiger partial charge in [0.15, 0.2) is 163 Å². The van der Waals surface area contributed by atoms with Gasteiger partial charge in [0, 0.05) is 10.9 Å². The SMILES string of the molecule is Fc1c(F)c(-c2c(F)c(F)c(-c3c(F)c(F)c(-c4c(F)c(F)c(-c5c(F)c(F)c6c(F)c(F)c(F)c(F)c6c5F)c(F)c4F)c(F)c3F)c(F)c2F)c(F)c(F)c1-c1cc2c(F)c(F)c(F)c(F)c2c(F)c1F. The summed E-state index contributed by atoms with van der Waals surface area (Å²) < 4.78 is 437. The highest BCUT2D eigenvalue weighted by atomic mass is 19.2. The third-order valence-electron chi connectivity index (χ3n) is 10.9. The summed E-state index contributed by atoms with van der Waals surface area (Å²) in [5.41, 5.74) is -29.1. The average molecular weight is 1080 g/mol. The van der Waals surface area contributed by atoms with Crippen LogP contribution in [-0.4, -0.2) is 0 Å². The molecule has 0 nitrogen and oxygen atoms in total. The maximum Gasteiger partial charge on any atom is 0.198 e. The molecule has 0 saturated carbocycles. The molecule has 0 atom stereocenters. The molecule has 0 amide bonds. The van der Waals surface area contributed by atoms with E-state index in [2.05, 4.69) is 0 Å². The predicted molar refractivity (Wildman–Crippen MR) is 187 cm³/mol. The Labute approximate surface area is 379 Å². The second kappa shape index (κ2) is 17.2. The minimum atomic E-state index is -3.52. The number of hydrogen-bond acceptors (Lipinski definition) is 0. The summed E-state index contributed by atoms with van der Waals surface area (Å²) in [6.45, 7) is 0. The molecule has 0 aliphatic heterocycles. The van der Waals surface area contributed by atoms with Gasteiger partial charge < -0.3 is 0 Å². The molecular weight excluding hydrogens is 1080 g/mol. The molecule has 0 saturated heterocycles. The monoisotopic (exact) mass is 1080 g/mol. The number of fused-ring (bicyclic) bond motifs is 2. The fourth-order valence-corrected chi connectivity index (χ4v) is 7.62. The molecule has 0 N–H and O–H groups in total. The molecule has 0 fully saturated rings. The smallest absolute Gasteiger partial charge is 0.198 e. The third kappa shape index (κ3) is 6.74. The van der Waals surface area contributed by atoms with Crippen LogP contribution < -0.4 is 0 Å². The van der Waals surface area contributed by atoms with Gasteiger partial charge in [-0.1, -0.05) is 0 Å². The van der Waals surface area contributed by atoms with Crippen molar-refractivity contribution in [1.29, 1.82) is 0 Å². The van der Waals surface area contributed by atoms with Crippen LogP contribution >= 0.6 is 0 Å². The molecule has 0 aliphatic rings. The summed E-state index contributed by atoms with van der Waals surface area (Å²) in [5.74, 6) is -92.5. The van der Waals surface area contributed by atoms with Gasteiger partial charge in [0.05, 0.1) is 66.2 Å². The lowest BCUT2D eigenvalue weighted by Gasteiger charge is -2.19. The zero-order chi connectivity index (χ0) is 54.5. The van der Waals surface area contributed by atoms with E-state index in [0.29, 0.717) is 0 Å². The van der Waals surface area contributed by atoms with E-state index in [1.165, 1.54) is 0 Å². The first-order valence-corrected chi connectivity index (χ1v) is 18.3. The second-order valence-corrected chi connectivity index (χ2v) is 14.6. The Hall–Kier alpha value is -7.75. The molecule has 29 heteroatoms. The average Bonchev–Trinajstić information content (AvgIpc) is 3.35. The summed E-state index contributed by atoms with van der Waals surface area (Å²) in [7, 11) is 0. The summed E-state index contributed by atoms with van der Waals surface area (Å²) in [6, 6.07) is -0.486. The highest BCUT2D eigenvalue weighted by Gasteiger charge is 2.42. The van der Waals surface area contributed by atoms with E-state index < -0.39 is 252 Å². The van der Waals surface area contributed by atoms with Crippen LogP contribution in [-0.2, 0) is 0 Å². The Balaban J connectivity index is 1.31. The molecule has 0 unspecified atom stereocenters. The van der Waals surface area contributed by atoms with Crippen LogP contribution in [0.4, 0.5) is 127 Å². The van der Waals surface area contributed by atoms with E-state index in [4.69, 9.17) is 0 Å². The second-order valence-electron chi connectivity index (χ2n) is 14.6. The van der Waals surface area contributed by atoms with Crippen molar-refractivity contribution in [2.75, 3.05) is 0 Å². The van der Waals surface area contributed by atoms with Crippen LogP contribution in [0, 0.1) is 169 Å². The summed E-state index contributed by atoms with van der Waals surface area (Å²) in [5, 5.41) is -9.04. The van der Waals surface area contributed by atoms with E-state index in [0.717, 1.165) is 0 Å². The van der Waals surface area contributed by atoms with Crippen LogP contribution in [0.3, 0.4) is 0 Å². The van der Waals surface area contributed by atoms with Gasteiger partial charge in [0.1, 0.15) is 5.82 Å². The zero-order valence-corrected chi connectivity index (χ0v) is 33.0. The third-order valence-corrected chi connectivity index (χ3v) is 10.9. The van der Waals surface area contributed by atoms with Gasteiger partial charge in [-0.15, -0.1) is 0 Å². The normalized spacial score (nSPS) is 11.9. The topological polar surface area (TPSA) is 0 Å². The van der Waals surface area contributed by atoms with E-state index in [9.17, 15) is 43.9 Å². The lowest BCUT2D eigenvalue weighted by molar-refractivity contribution is 0.412. The fourth-order valence-electron chi connectivity index (χ4n) is 7.62. The number of benzene rings is 8. The van der Waals surface area contributed by atoms with E-state index in [1.807, 2.05) is 0 Å². The molecule has 8 aromatic carbocycles. The number of hydrogen-bond donors (Lipinski definition) is 0. The van der Waals surface area contributed by atoms with Gasteiger partial charge >= 0.3 is 0 Å². The molecule has 0 bridgehead atoms. The summed E-state index contributed by atoms with van der Waals surface area (Å²) in [6.07, 6.45) is 0. The molecule has 0 aliphatic carbocycles. The number of halogens is 29. The van der Waals surface area contributed by atoms with Gasteiger partial charge in [-0.3, -0.25) is 0 Å². The van der Waals surface area contributed by atoms with Gasteiger partial charge in [0.2, 0.25) is 0 Å². The summed E-state index contributed by atoms with van der Waals surface area (Å²) in [4.78, 5) is 0. The van der Waals surface area contributed by atoms with Gasteiger partial charge in [-0.25, -0.2) is 127 Å². The van der Waals surface area contributed by atoms with Gasteiger partial charge in [0.25, 0.3) is 0 Å². The molecule has 380 valence electrons. The van der Waals surface area contributed by atoms with Crippen LogP contribution in [0.1, 0.15) is 0 Å². The van der Waals surface area contributed by atoms with Gasteiger partial charge in [-0.05, 0) is 6.07 Å². The molecule has 73 heavy (non-hydrogen) atoms. The maximum atomic E-state index is 15.6. The molecule has 0 spiro atoms. The molecule has 0 heterocycles. The van der Waals surface area contributed by atoms with Crippen molar-refractivity contribution in [1.82, 2.24) is 0 Å². The van der Waals surface area contributed by atoms with Crippen molar-refractivity contribution in [2.24, 2.45) is 0 Å². The Bertz CT molecular complexity index is 3780. The van der Waals surface area contributed by atoms with Crippen molar-refractivity contribution in [3.63, 3.8) is 0 Å². The molecular formula is C44HF29. The first-order chi connectivity index (χ1) is 33.9. The Morgan fingerprint density at radius 1 is 0.137 bits per heavy atom. The quantitative estimate of drug-likeness (QED) is 0.0915. The lowest BCUT2D eigenvalue weighted by atomic mass is 9.90. The Morgan fingerprint density at radius 3 is 0.603 bits per heavy atom. The van der Waals surface area contributed by atoms with Crippen molar-refractivity contribution in [3.05, 3.63) is 175 Å². The predicted octanol–water partition coefficient (Wildman–Crippen LogP) is 16.4. The fraction of sp³-hybridized carbons (Fsp3) is 0. The highest BCUT2D eigenvalue weighted by Crippen LogP contribution is 2.49.